The van der Waals surface area contributed by atoms with Gasteiger partial charge in [-0.3, -0.25) is 0 Å². The van der Waals surface area contributed by atoms with Crippen LogP contribution in [0.1, 0.15) is 18.5 Å². The highest BCUT2D eigenvalue weighted by Crippen LogP contribution is 2.11. The highest BCUT2D eigenvalue weighted by molar-refractivity contribution is 5.86. The summed E-state index contributed by atoms with van der Waals surface area (Å²) in [5.41, 5.74) is 6.18. The Morgan fingerprint density at radius 1 is 1.31 bits per heavy atom. The minimum Gasteiger partial charge on any atom is -0.434 e. The Bertz CT molecular complexity index is 364. The van der Waals surface area contributed by atoms with Crippen molar-refractivity contribution < 1.29 is 19.1 Å². The Hall–Kier alpha value is -1.88. The maximum atomic E-state index is 11.4. The largest absolute Gasteiger partial charge is 0.516 e. The van der Waals surface area contributed by atoms with Gasteiger partial charge in [0.2, 0.25) is 0 Å². The van der Waals surface area contributed by atoms with Crippen LogP contribution < -0.4 is 5.73 Å². The van der Waals surface area contributed by atoms with E-state index in [9.17, 15) is 9.59 Å². The fraction of sp³-hybridized carbons (Fsp3) is 0.273. The summed E-state index contributed by atoms with van der Waals surface area (Å²) in [6.07, 6.45) is -1.03. The molecule has 1 atom stereocenters. The number of nitrogens with two attached hydrogens (primary N) is 1. The number of esters is 1. The maximum Gasteiger partial charge on any atom is 0.516 e. The Labute approximate surface area is 93.1 Å². The molecule has 2 N–H and O–H groups in total. The molecule has 0 radical (unpaired) electrons. The van der Waals surface area contributed by atoms with Gasteiger partial charge in [0.05, 0.1) is 6.61 Å². The van der Waals surface area contributed by atoms with Gasteiger partial charge in [-0.1, -0.05) is 30.3 Å². The van der Waals surface area contributed by atoms with Crippen molar-refractivity contribution >= 4 is 12.1 Å². The van der Waals surface area contributed by atoms with Gasteiger partial charge in [-0.05, 0) is 12.5 Å². The highest BCUT2D eigenvalue weighted by Gasteiger charge is 2.20. The number of ether oxygens (including phenoxy) is 2. The number of hydrogen-bond donors (Lipinski definition) is 1. The van der Waals surface area contributed by atoms with E-state index in [0.29, 0.717) is 5.56 Å². The van der Waals surface area contributed by atoms with Crippen LogP contribution in [-0.4, -0.2) is 18.7 Å². The van der Waals surface area contributed by atoms with Crippen molar-refractivity contribution in [3.05, 3.63) is 35.9 Å². The molecule has 5 nitrogen and oxygen atoms in total. The van der Waals surface area contributed by atoms with E-state index in [0.717, 1.165) is 0 Å². The molecule has 0 aliphatic heterocycles. The fourth-order valence-electron chi connectivity index (χ4n) is 1.09. The summed E-state index contributed by atoms with van der Waals surface area (Å²) in [5, 5.41) is 0. The molecule has 0 aliphatic rings. The molecule has 1 rings (SSSR count). The van der Waals surface area contributed by atoms with E-state index >= 15 is 0 Å². The van der Waals surface area contributed by atoms with Gasteiger partial charge < -0.3 is 15.2 Å². The van der Waals surface area contributed by atoms with Crippen molar-refractivity contribution in [2.24, 2.45) is 5.73 Å². The molecule has 0 aliphatic carbocycles. The van der Waals surface area contributed by atoms with Crippen molar-refractivity contribution in [3.8, 4) is 0 Å². The smallest absolute Gasteiger partial charge is 0.434 e. The van der Waals surface area contributed by atoms with Gasteiger partial charge >= 0.3 is 12.1 Å². The molecule has 1 aromatic carbocycles. The normalized spacial score (nSPS) is 11.6. The Morgan fingerprint density at radius 2 is 1.94 bits per heavy atom. The van der Waals surface area contributed by atoms with Gasteiger partial charge in [0.25, 0.3) is 0 Å². The molecular weight excluding hydrogens is 210 g/mol. The van der Waals surface area contributed by atoms with Crippen LogP contribution in [0.4, 0.5) is 4.79 Å². The lowest BCUT2D eigenvalue weighted by Crippen LogP contribution is -2.26. The quantitative estimate of drug-likeness (QED) is 0.618. The van der Waals surface area contributed by atoms with E-state index in [4.69, 9.17) is 5.73 Å². The summed E-state index contributed by atoms with van der Waals surface area (Å²) >= 11 is 0. The predicted octanol–water partition coefficient (Wildman–Crippen LogP) is 1.39. The lowest BCUT2D eigenvalue weighted by atomic mass is 10.1. The second-order valence-corrected chi connectivity index (χ2v) is 2.99. The summed E-state index contributed by atoms with van der Waals surface area (Å²) in [6, 6.07) is 7.66. The molecule has 0 spiro atoms. The average molecular weight is 223 g/mol. The van der Waals surface area contributed by atoms with E-state index in [2.05, 4.69) is 9.47 Å². The Kier molecular flexibility index (Phi) is 4.47. The first-order valence-electron chi connectivity index (χ1n) is 4.84. The lowest BCUT2D eigenvalue weighted by Gasteiger charge is -2.09. The first-order valence-corrected chi connectivity index (χ1v) is 4.84. The molecule has 16 heavy (non-hydrogen) atoms. The van der Waals surface area contributed by atoms with Gasteiger partial charge in [-0.15, -0.1) is 0 Å². The molecule has 0 aromatic heterocycles. The standard InChI is InChI=1S/C11H13NO4/c1-2-15-11(14)16-10(13)9(12)8-6-4-3-5-7-8/h3-7,9H,2,12H2,1H3/t9-/m0/s1. The van der Waals surface area contributed by atoms with E-state index in [1.54, 1.807) is 37.3 Å². The molecule has 0 saturated carbocycles. The van der Waals surface area contributed by atoms with E-state index in [-0.39, 0.29) is 6.61 Å². The number of carbonyl (C=O) groups excluding carboxylic acids is 2. The summed E-state index contributed by atoms with van der Waals surface area (Å²) in [5.74, 6) is -0.829. The Balaban J connectivity index is 2.58. The van der Waals surface area contributed by atoms with Crippen LogP contribution in [-0.2, 0) is 14.3 Å². The van der Waals surface area contributed by atoms with E-state index in [1.807, 2.05) is 0 Å². The highest BCUT2D eigenvalue weighted by atomic mass is 16.7. The third kappa shape index (κ3) is 3.36. The van der Waals surface area contributed by atoms with Crippen molar-refractivity contribution in [2.75, 3.05) is 6.61 Å². The predicted molar refractivity (Wildman–Crippen MR) is 56.5 cm³/mol. The Morgan fingerprint density at radius 3 is 2.50 bits per heavy atom. The van der Waals surface area contributed by atoms with Crippen LogP contribution in [0.5, 0.6) is 0 Å². The zero-order valence-electron chi connectivity index (χ0n) is 8.88. The molecule has 0 unspecified atom stereocenters. The van der Waals surface area contributed by atoms with Gasteiger partial charge in [0, 0.05) is 0 Å². The number of rotatable bonds is 3. The van der Waals surface area contributed by atoms with Gasteiger partial charge in [-0.2, -0.15) is 0 Å². The van der Waals surface area contributed by atoms with Crippen molar-refractivity contribution in [2.45, 2.75) is 13.0 Å². The summed E-state index contributed by atoms with van der Waals surface area (Å²) in [4.78, 5) is 22.2. The summed E-state index contributed by atoms with van der Waals surface area (Å²) in [7, 11) is 0. The molecule has 0 bridgehead atoms. The monoisotopic (exact) mass is 223 g/mol. The molecular formula is C11H13NO4. The second-order valence-electron chi connectivity index (χ2n) is 2.99. The van der Waals surface area contributed by atoms with Crippen molar-refractivity contribution in [3.63, 3.8) is 0 Å². The molecule has 0 amide bonds. The van der Waals surface area contributed by atoms with Crippen LogP contribution in [0.2, 0.25) is 0 Å². The third-order valence-electron chi connectivity index (χ3n) is 1.86. The topological polar surface area (TPSA) is 78.6 Å². The minimum atomic E-state index is -1.03. The molecule has 86 valence electrons. The first-order chi connectivity index (χ1) is 7.65. The molecule has 5 heteroatoms. The second kappa shape index (κ2) is 5.87. The average Bonchev–Trinajstić information content (AvgIpc) is 2.29. The van der Waals surface area contributed by atoms with Crippen molar-refractivity contribution in [1.29, 1.82) is 0 Å². The van der Waals surface area contributed by atoms with Crippen LogP contribution in [0.3, 0.4) is 0 Å². The third-order valence-corrected chi connectivity index (χ3v) is 1.86. The molecule has 0 heterocycles. The van der Waals surface area contributed by atoms with E-state index in [1.165, 1.54) is 0 Å². The van der Waals surface area contributed by atoms with Crippen molar-refractivity contribution in [1.82, 2.24) is 0 Å². The van der Waals surface area contributed by atoms with Gasteiger partial charge in [0.1, 0.15) is 6.04 Å². The number of carbonyl (C=O) groups is 2. The van der Waals surface area contributed by atoms with Crippen LogP contribution in [0.15, 0.2) is 30.3 Å². The van der Waals surface area contributed by atoms with Crippen LogP contribution >= 0.6 is 0 Å². The van der Waals surface area contributed by atoms with Gasteiger partial charge in [0.15, 0.2) is 0 Å². The molecule has 0 saturated heterocycles. The maximum absolute atomic E-state index is 11.4. The molecule has 0 fully saturated rings. The SMILES string of the molecule is CCOC(=O)OC(=O)[C@@H](N)c1ccccc1. The van der Waals surface area contributed by atoms with E-state index < -0.39 is 18.2 Å². The summed E-state index contributed by atoms with van der Waals surface area (Å²) < 4.78 is 8.84. The molecule has 1 aromatic rings. The lowest BCUT2D eigenvalue weighted by molar-refractivity contribution is -0.141. The number of benzene rings is 1. The zero-order valence-corrected chi connectivity index (χ0v) is 8.88. The fourth-order valence-corrected chi connectivity index (χ4v) is 1.09. The van der Waals surface area contributed by atoms with Gasteiger partial charge in [-0.25, -0.2) is 9.59 Å². The summed E-state index contributed by atoms with van der Waals surface area (Å²) in [6.45, 7) is 1.76. The number of hydrogen-bond acceptors (Lipinski definition) is 5. The first kappa shape index (κ1) is 12.2. The van der Waals surface area contributed by atoms with Crippen LogP contribution in [0.25, 0.3) is 0 Å². The zero-order chi connectivity index (χ0) is 12.0. The minimum absolute atomic E-state index is 0.146. The van der Waals surface area contributed by atoms with Crippen LogP contribution in [0, 0.1) is 0 Å².